The highest BCUT2D eigenvalue weighted by Gasteiger charge is 2.19. The Hall–Kier alpha value is -2.49. The molecule has 2 aromatic rings. The third kappa shape index (κ3) is 6.79. The molecule has 0 spiro atoms. The van der Waals surface area contributed by atoms with Crippen molar-refractivity contribution in [2.45, 2.75) is 52.4 Å². The van der Waals surface area contributed by atoms with Gasteiger partial charge in [0.1, 0.15) is 5.75 Å². The summed E-state index contributed by atoms with van der Waals surface area (Å²) in [6, 6.07) is 16.7. The van der Waals surface area contributed by atoms with Gasteiger partial charge in [0.25, 0.3) is 0 Å². The Balaban J connectivity index is 1.92. The molecule has 26 heavy (non-hydrogen) atoms. The van der Waals surface area contributed by atoms with E-state index in [-0.39, 0.29) is 11.9 Å². The molecule has 0 heterocycles. The van der Waals surface area contributed by atoms with E-state index in [0.29, 0.717) is 5.75 Å². The van der Waals surface area contributed by atoms with Crippen molar-refractivity contribution >= 4 is 17.3 Å². The second kappa shape index (κ2) is 11.2. The van der Waals surface area contributed by atoms with E-state index < -0.39 is 0 Å². The quantitative estimate of drug-likeness (QED) is 0.200. The molecular formula is C22H28N2O2. The molecule has 0 aromatic heterocycles. The van der Waals surface area contributed by atoms with Crippen LogP contribution in [-0.4, -0.2) is 5.97 Å². The first kappa shape index (κ1) is 19.8. The second-order valence-electron chi connectivity index (χ2n) is 6.43. The predicted octanol–water partition coefficient (Wildman–Crippen LogP) is 7.00. The van der Waals surface area contributed by atoms with Crippen molar-refractivity contribution in [2.24, 2.45) is 16.1 Å². The smallest absolute Gasteiger partial charge is 0.314 e. The molecule has 2 aromatic carbocycles. The number of carbonyl (C=O) groups excluding carboxylic acids is 1. The van der Waals surface area contributed by atoms with Crippen LogP contribution < -0.4 is 4.74 Å². The van der Waals surface area contributed by atoms with Crippen molar-refractivity contribution in [1.82, 2.24) is 0 Å². The number of ether oxygens (including phenoxy) is 1. The van der Waals surface area contributed by atoms with Gasteiger partial charge in [-0.2, -0.15) is 10.2 Å². The lowest BCUT2D eigenvalue weighted by atomic mass is 9.97. The zero-order valence-electron chi connectivity index (χ0n) is 15.7. The first-order valence-corrected chi connectivity index (χ1v) is 9.51. The van der Waals surface area contributed by atoms with E-state index in [9.17, 15) is 4.79 Å². The molecule has 138 valence electrons. The van der Waals surface area contributed by atoms with Crippen molar-refractivity contribution in [1.29, 1.82) is 0 Å². The number of rotatable bonds is 10. The molecule has 0 fully saturated rings. The maximum absolute atomic E-state index is 12.4. The zero-order valence-corrected chi connectivity index (χ0v) is 15.7. The monoisotopic (exact) mass is 352 g/mol. The van der Waals surface area contributed by atoms with Crippen molar-refractivity contribution in [2.75, 3.05) is 0 Å². The third-order valence-corrected chi connectivity index (χ3v) is 4.22. The maximum atomic E-state index is 12.4. The summed E-state index contributed by atoms with van der Waals surface area (Å²) in [5, 5.41) is 8.37. The molecule has 0 aliphatic heterocycles. The highest BCUT2D eigenvalue weighted by Crippen LogP contribution is 2.23. The molecule has 0 bridgehead atoms. The summed E-state index contributed by atoms with van der Waals surface area (Å²) in [7, 11) is 0. The van der Waals surface area contributed by atoms with Crippen LogP contribution in [0.1, 0.15) is 52.4 Å². The van der Waals surface area contributed by atoms with Gasteiger partial charge in [0.05, 0.1) is 17.3 Å². The van der Waals surface area contributed by atoms with Crippen molar-refractivity contribution in [3.05, 3.63) is 54.6 Å². The van der Waals surface area contributed by atoms with Gasteiger partial charge in [-0.1, -0.05) is 57.7 Å². The molecule has 0 amide bonds. The molecule has 0 aliphatic carbocycles. The van der Waals surface area contributed by atoms with E-state index >= 15 is 0 Å². The summed E-state index contributed by atoms with van der Waals surface area (Å²) < 4.78 is 5.57. The maximum Gasteiger partial charge on any atom is 0.314 e. The first-order chi connectivity index (χ1) is 12.7. The lowest BCUT2D eigenvalue weighted by Crippen LogP contribution is -2.20. The van der Waals surface area contributed by atoms with Crippen molar-refractivity contribution in [3.63, 3.8) is 0 Å². The summed E-state index contributed by atoms with van der Waals surface area (Å²) in [5.74, 6) is 0.427. The highest BCUT2D eigenvalue weighted by molar-refractivity contribution is 5.75. The van der Waals surface area contributed by atoms with Gasteiger partial charge in [0.15, 0.2) is 0 Å². The van der Waals surface area contributed by atoms with Gasteiger partial charge in [0.2, 0.25) is 0 Å². The molecule has 0 N–H and O–H groups in total. The van der Waals surface area contributed by atoms with Crippen LogP contribution in [0.15, 0.2) is 64.8 Å². The number of unbranched alkanes of at least 4 members (excludes halogenated alkanes) is 2. The second-order valence-corrected chi connectivity index (χ2v) is 6.43. The number of hydrogen-bond acceptors (Lipinski definition) is 4. The third-order valence-electron chi connectivity index (χ3n) is 4.22. The molecule has 0 saturated carbocycles. The van der Waals surface area contributed by atoms with Gasteiger partial charge in [-0.05, 0) is 49.2 Å². The Morgan fingerprint density at radius 3 is 2.12 bits per heavy atom. The largest absolute Gasteiger partial charge is 0.426 e. The molecule has 1 atom stereocenters. The minimum atomic E-state index is -0.124. The molecule has 4 nitrogen and oxygen atoms in total. The Labute approximate surface area is 156 Å². The van der Waals surface area contributed by atoms with Crippen LogP contribution in [0.3, 0.4) is 0 Å². The van der Waals surface area contributed by atoms with Crippen molar-refractivity contribution < 1.29 is 9.53 Å². The number of esters is 1. The molecule has 1 unspecified atom stereocenters. The number of azo groups is 1. The van der Waals surface area contributed by atoms with Crippen LogP contribution in [0.2, 0.25) is 0 Å². The minimum Gasteiger partial charge on any atom is -0.426 e. The van der Waals surface area contributed by atoms with E-state index in [1.807, 2.05) is 30.3 Å². The summed E-state index contributed by atoms with van der Waals surface area (Å²) >= 11 is 0. The molecular weight excluding hydrogens is 324 g/mol. The SMILES string of the molecule is CCCCCC(CCC)C(=O)Oc1ccc(N=Nc2ccccc2)cc1. The summed E-state index contributed by atoms with van der Waals surface area (Å²) in [5.41, 5.74) is 1.53. The van der Waals surface area contributed by atoms with Gasteiger partial charge >= 0.3 is 5.97 Å². The van der Waals surface area contributed by atoms with E-state index in [4.69, 9.17) is 4.74 Å². The number of nitrogens with zero attached hydrogens (tertiary/aromatic N) is 2. The normalized spacial score (nSPS) is 12.2. The highest BCUT2D eigenvalue weighted by atomic mass is 16.5. The molecule has 0 radical (unpaired) electrons. The fourth-order valence-electron chi connectivity index (χ4n) is 2.76. The molecule has 0 saturated heterocycles. The van der Waals surface area contributed by atoms with Crippen LogP contribution in [0, 0.1) is 5.92 Å². The van der Waals surface area contributed by atoms with Gasteiger partial charge < -0.3 is 4.74 Å². The predicted molar refractivity (Wildman–Crippen MR) is 105 cm³/mol. The first-order valence-electron chi connectivity index (χ1n) is 9.51. The van der Waals surface area contributed by atoms with Crippen LogP contribution in [0.5, 0.6) is 5.75 Å². The van der Waals surface area contributed by atoms with Gasteiger partial charge in [-0.15, -0.1) is 0 Å². The van der Waals surface area contributed by atoms with Crippen LogP contribution in [-0.2, 0) is 4.79 Å². The van der Waals surface area contributed by atoms with Crippen LogP contribution in [0.4, 0.5) is 11.4 Å². The average Bonchev–Trinajstić information content (AvgIpc) is 2.67. The molecule has 2 rings (SSSR count). The van der Waals surface area contributed by atoms with Gasteiger partial charge in [-0.3, -0.25) is 4.79 Å². The van der Waals surface area contributed by atoms with Crippen molar-refractivity contribution in [3.8, 4) is 5.75 Å². The van der Waals surface area contributed by atoms with E-state index in [1.54, 1.807) is 24.3 Å². The molecule has 4 heteroatoms. The number of hydrogen-bond donors (Lipinski definition) is 0. The summed E-state index contributed by atoms with van der Waals surface area (Å²) in [4.78, 5) is 12.4. The van der Waals surface area contributed by atoms with Crippen LogP contribution >= 0.6 is 0 Å². The van der Waals surface area contributed by atoms with Crippen LogP contribution in [0.25, 0.3) is 0 Å². The van der Waals surface area contributed by atoms with Gasteiger partial charge in [-0.25, -0.2) is 0 Å². The lowest BCUT2D eigenvalue weighted by Gasteiger charge is -2.15. The lowest BCUT2D eigenvalue weighted by molar-refractivity contribution is -0.139. The number of carbonyl (C=O) groups is 1. The Morgan fingerprint density at radius 2 is 1.50 bits per heavy atom. The van der Waals surface area contributed by atoms with E-state index in [1.165, 1.54) is 0 Å². The fraction of sp³-hybridized carbons (Fsp3) is 0.409. The minimum absolute atomic E-state index is 0.0102. The Morgan fingerprint density at radius 1 is 0.846 bits per heavy atom. The Bertz CT molecular complexity index is 681. The summed E-state index contributed by atoms with van der Waals surface area (Å²) in [6.45, 7) is 4.27. The standard InChI is InChI=1S/C22H28N2O2/c1-3-5-7-11-18(10-4-2)22(25)26-21-16-14-20(15-17-21)24-23-19-12-8-6-9-13-19/h6,8-9,12-18H,3-5,7,10-11H2,1-2H3. The van der Waals surface area contributed by atoms with Gasteiger partial charge in [0, 0.05) is 0 Å². The van der Waals surface area contributed by atoms with E-state index in [2.05, 4.69) is 24.1 Å². The van der Waals surface area contributed by atoms with E-state index in [0.717, 1.165) is 49.9 Å². The zero-order chi connectivity index (χ0) is 18.6. The Kier molecular flexibility index (Phi) is 8.53. The fourth-order valence-corrected chi connectivity index (χ4v) is 2.76. The number of benzene rings is 2. The average molecular weight is 352 g/mol. The summed E-state index contributed by atoms with van der Waals surface area (Å²) in [6.07, 6.45) is 6.18. The molecule has 0 aliphatic rings. The topological polar surface area (TPSA) is 51.0 Å².